The number of nitrogens with zero attached hydrogens (tertiary/aromatic N) is 3. The molecule has 0 aromatic carbocycles. The van der Waals surface area contributed by atoms with Crippen molar-refractivity contribution in [2.24, 2.45) is 5.92 Å². The molecule has 0 bridgehead atoms. The summed E-state index contributed by atoms with van der Waals surface area (Å²) in [4.78, 5) is 4.31. The number of nitrogens with one attached hydrogen (secondary N) is 1. The summed E-state index contributed by atoms with van der Waals surface area (Å²) in [5.74, 6) is 3.51. The van der Waals surface area contributed by atoms with Crippen molar-refractivity contribution >= 4 is 23.2 Å². The minimum absolute atomic E-state index is 0.0807. The van der Waals surface area contributed by atoms with E-state index in [1.54, 1.807) is 22.8 Å². The Hall–Kier alpha value is -1.73. The van der Waals surface area contributed by atoms with Gasteiger partial charge in [0.1, 0.15) is 0 Å². The molecule has 1 unspecified atom stereocenters. The molecule has 88 valence electrons. The van der Waals surface area contributed by atoms with E-state index in [1.165, 1.54) is 0 Å². The van der Waals surface area contributed by atoms with Crippen LogP contribution in [0.4, 0.5) is 5.95 Å². The van der Waals surface area contributed by atoms with Crippen LogP contribution in [0.5, 0.6) is 0 Å². The highest BCUT2D eigenvalue weighted by molar-refractivity contribution is 6.30. The van der Waals surface area contributed by atoms with Crippen LogP contribution in [0, 0.1) is 18.3 Å². The molecule has 0 amide bonds. The van der Waals surface area contributed by atoms with Gasteiger partial charge in [-0.05, 0) is 18.1 Å². The highest BCUT2D eigenvalue weighted by Gasteiger charge is 2.12. The van der Waals surface area contributed by atoms with Gasteiger partial charge in [0.25, 0.3) is 0 Å². The third kappa shape index (κ3) is 2.51. The van der Waals surface area contributed by atoms with Crippen molar-refractivity contribution in [1.29, 1.82) is 0 Å². The zero-order valence-corrected chi connectivity index (χ0v) is 10.4. The van der Waals surface area contributed by atoms with E-state index in [1.807, 2.05) is 13.8 Å². The van der Waals surface area contributed by atoms with Crippen LogP contribution in [0.25, 0.3) is 5.65 Å². The molecule has 0 radical (unpaired) electrons. The van der Waals surface area contributed by atoms with Crippen LogP contribution < -0.4 is 5.32 Å². The fourth-order valence-electron chi connectivity index (χ4n) is 1.46. The monoisotopic (exact) mass is 248 g/mol. The van der Waals surface area contributed by atoms with E-state index in [4.69, 9.17) is 18.0 Å². The molecule has 1 atom stereocenters. The topological polar surface area (TPSA) is 42.2 Å². The first-order valence-corrected chi connectivity index (χ1v) is 5.72. The summed E-state index contributed by atoms with van der Waals surface area (Å²) >= 11 is 5.87. The second-order valence-electron chi connectivity index (χ2n) is 4.12. The number of rotatable bonds is 3. The lowest BCUT2D eigenvalue weighted by Gasteiger charge is -2.14. The maximum atomic E-state index is 5.87. The molecule has 2 aromatic rings. The van der Waals surface area contributed by atoms with E-state index in [2.05, 4.69) is 21.3 Å². The SMILES string of the molecule is C#CC(Nc1nc2ccc(Cl)cn2n1)C(C)C. The van der Waals surface area contributed by atoms with Crippen LogP contribution in [0.15, 0.2) is 18.3 Å². The van der Waals surface area contributed by atoms with Gasteiger partial charge in [-0.2, -0.15) is 4.98 Å². The molecule has 17 heavy (non-hydrogen) atoms. The molecule has 2 aromatic heterocycles. The molecule has 4 nitrogen and oxygen atoms in total. The normalized spacial score (nSPS) is 12.6. The average Bonchev–Trinajstić information content (AvgIpc) is 2.66. The number of terminal acetylenes is 1. The fraction of sp³-hybridized carbons (Fsp3) is 0.333. The summed E-state index contributed by atoms with van der Waals surface area (Å²) in [7, 11) is 0. The largest absolute Gasteiger partial charge is 0.339 e. The van der Waals surface area contributed by atoms with Gasteiger partial charge in [0.2, 0.25) is 5.95 Å². The minimum atomic E-state index is -0.0807. The molecular weight excluding hydrogens is 236 g/mol. The van der Waals surface area contributed by atoms with Crippen molar-refractivity contribution in [3.05, 3.63) is 23.4 Å². The third-order valence-electron chi connectivity index (χ3n) is 2.43. The van der Waals surface area contributed by atoms with Crippen molar-refractivity contribution in [3.8, 4) is 12.3 Å². The number of hydrogen-bond acceptors (Lipinski definition) is 3. The van der Waals surface area contributed by atoms with Gasteiger partial charge in [-0.1, -0.05) is 31.4 Å². The number of halogens is 1. The second-order valence-corrected chi connectivity index (χ2v) is 4.55. The Labute approximate surface area is 105 Å². The Morgan fingerprint density at radius 3 is 2.88 bits per heavy atom. The maximum absolute atomic E-state index is 5.87. The van der Waals surface area contributed by atoms with Gasteiger partial charge >= 0.3 is 0 Å². The number of anilines is 1. The molecule has 0 fully saturated rings. The lowest BCUT2D eigenvalue weighted by Crippen LogP contribution is -2.24. The van der Waals surface area contributed by atoms with Crippen LogP contribution in [0.3, 0.4) is 0 Å². The van der Waals surface area contributed by atoms with E-state index in [9.17, 15) is 0 Å². The van der Waals surface area contributed by atoms with E-state index in [0.717, 1.165) is 5.65 Å². The second kappa shape index (κ2) is 4.64. The van der Waals surface area contributed by atoms with E-state index in [0.29, 0.717) is 16.9 Å². The summed E-state index contributed by atoms with van der Waals surface area (Å²) in [5.41, 5.74) is 0.733. The van der Waals surface area contributed by atoms with Crippen molar-refractivity contribution in [2.75, 3.05) is 5.32 Å². The summed E-state index contributed by atoms with van der Waals surface area (Å²) in [6, 6.07) is 3.50. The summed E-state index contributed by atoms with van der Waals surface area (Å²) in [6.07, 6.45) is 7.15. The average molecular weight is 249 g/mol. The molecule has 1 N–H and O–H groups in total. The zero-order valence-electron chi connectivity index (χ0n) is 9.68. The van der Waals surface area contributed by atoms with E-state index < -0.39 is 0 Å². The van der Waals surface area contributed by atoms with Gasteiger partial charge in [0, 0.05) is 6.20 Å². The minimum Gasteiger partial charge on any atom is -0.339 e. The van der Waals surface area contributed by atoms with Crippen LogP contribution in [-0.2, 0) is 0 Å². The predicted molar refractivity (Wildman–Crippen MR) is 69.1 cm³/mol. The molecule has 0 aliphatic rings. The molecule has 0 spiro atoms. The zero-order chi connectivity index (χ0) is 12.4. The van der Waals surface area contributed by atoms with Crippen LogP contribution in [0.2, 0.25) is 5.02 Å². The molecule has 2 heterocycles. The number of pyridine rings is 1. The highest BCUT2D eigenvalue weighted by atomic mass is 35.5. The summed E-state index contributed by atoms with van der Waals surface area (Å²) < 4.78 is 1.62. The van der Waals surface area contributed by atoms with Crippen molar-refractivity contribution in [2.45, 2.75) is 19.9 Å². The number of fused-ring (bicyclic) bond motifs is 1. The van der Waals surface area contributed by atoms with Crippen molar-refractivity contribution in [3.63, 3.8) is 0 Å². The number of aromatic nitrogens is 3. The standard InChI is InChI=1S/C12H13ClN4/c1-4-10(8(2)3)14-12-15-11-6-5-9(13)7-17(11)16-12/h1,5-8,10H,2-3H3,(H,14,16). The van der Waals surface area contributed by atoms with Gasteiger partial charge in [-0.25, -0.2) is 4.52 Å². The van der Waals surface area contributed by atoms with Crippen LogP contribution in [-0.4, -0.2) is 20.6 Å². The fourth-order valence-corrected chi connectivity index (χ4v) is 1.61. The molecule has 2 rings (SSSR count). The van der Waals surface area contributed by atoms with E-state index >= 15 is 0 Å². The first-order chi connectivity index (χ1) is 8.10. The highest BCUT2D eigenvalue weighted by Crippen LogP contribution is 2.13. The lowest BCUT2D eigenvalue weighted by atomic mass is 10.1. The van der Waals surface area contributed by atoms with E-state index in [-0.39, 0.29) is 6.04 Å². The Morgan fingerprint density at radius 1 is 1.47 bits per heavy atom. The molecule has 5 heteroatoms. The molecule has 0 aliphatic heterocycles. The van der Waals surface area contributed by atoms with Gasteiger partial charge in [0.15, 0.2) is 5.65 Å². The Kier molecular flexibility index (Phi) is 3.21. The van der Waals surface area contributed by atoms with Crippen LogP contribution >= 0.6 is 11.6 Å². The molecular formula is C12H13ClN4. The predicted octanol–water partition coefficient (Wildman–Crippen LogP) is 2.45. The molecule has 0 aliphatic carbocycles. The molecule has 0 saturated heterocycles. The summed E-state index contributed by atoms with van der Waals surface area (Å²) in [5, 5.41) is 7.99. The van der Waals surface area contributed by atoms with Gasteiger partial charge in [0.05, 0.1) is 11.1 Å². The quantitative estimate of drug-likeness (QED) is 0.849. The van der Waals surface area contributed by atoms with Gasteiger partial charge in [-0.3, -0.25) is 0 Å². The maximum Gasteiger partial charge on any atom is 0.244 e. The van der Waals surface area contributed by atoms with Gasteiger partial charge in [-0.15, -0.1) is 11.5 Å². The first-order valence-electron chi connectivity index (χ1n) is 5.35. The Balaban J connectivity index is 2.28. The Morgan fingerprint density at radius 2 is 2.24 bits per heavy atom. The summed E-state index contributed by atoms with van der Waals surface area (Å²) in [6.45, 7) is 4.09. The lowest BCUT2D eigenvalue weighted by molar-refractivity contribution is 0.610. The molecule has 0 saturated carbocycles. The number of hydrogen-bond donors (Lipinski definition) is 1. The smallest absolute Gasteiger partial charge is 0.244 e. The Bertz CT molecular complexity index is 567. The van der Waals surface area contributed by atoms with Crippen molar-refractivity contribution < 1.29 is 0 Å². The first kappa shape index (κ1) is 11.7. The van der Waals surface area contributed by atoms with Gasteiger partial charge < -0.3 is 5.32 Å². The third-order valence-corrected chi connectivity index (χ3v) is 2.65. The van der Waals surface area contributed by atoms with Crippen LogP contribution in [0.1, 0.15) is 13.8 Å². The van der Waals surface area contributed by atoms with Crippen molar-refractivity contribution in [1.82, 2.24) is 14.6 Å².